The maximum Gasteiger partial charge on any atom is 0.243 e. The van der Waals surface area contributed by atoms with Crippen molar-refractivity contribution >= 4 is 74.7 Å². The number of β-amino-alcohol motifs (C(OH)–C–C–N with tert-alkyl or cyclic N) is 1. The number of likely N-dealkylation sites (tertiary alicyclic amines) is 1. The highest BCUT2D eigenvalue weighted by Crippen LogP contribution is 2.37. The number of aliphatic hydroxyl groups is 1. The first-order chi connectivity index (χ1) is 37.6. The van der Waals surface area contributed by atoms with Gasteiger partial charge in [-0.3, -0.25) is 19.2 Å². The van der Waals surface area contributed by atoms with E-state index in [4.69, 9.17) is 35.5 Å². The van der Waals surface area contributed by atoms with E-state index < -0.39 is 23.5 Å². The highest BCUT2D eigenvalue weighted by Gasteiger charge is 2.44. The number of carbonyl (C=O) groups is 4. The molecule has 0 saturated carbocycles. The minimum absolute atomic E-state index is 0.00662. The molecule has 5 heterocycles. The zero-order valence-electron chi connectivity index (χ0n) is 45.4. The predicted octanol–water partition coefficient (Wildman–Crippen LogP) is 8.62. The second-order valence-electron chi connectivity index (χ2n) is 20.9. The average Bonchev–Trinajstić information content (AvgIpc) is 4.21. The number of aromatic amines is 1. The molecule has 20 heteroatoms. The highest BCUT2D eigenvalue weighted by atomic mass is 35.5. The number of nitrogens with one attached hydrogen (secondary N) is 3. The van der Waals surface area contributed by atoms with Crippen LogP contribution in [-0.4, -0.2) is 150 Å². The first-order valence-electron chi connectivity index (χ1n) is 26.6. The Balaban J connectivity index is 0.678. The molecule has 8 rings (SSSR count). The molecule has 0 radical (unpaired) electrons. The van der Waals surface area contributed by atoms with Gasteiger partial charge in [0.25, 0.3) is 0 Å². The van der Waals surface area contributed by atoms with Gasteiger partial charge in [0.05, 0.1) is 98.0 Å². The summed E-state index contributed by atoms with van der Waals surface area (Å²) in [4.78, 5) is 77.4. The second-order valence-corrected chi connectivity index (χ2v) is 22.2. The molecule has 3 aromatic carbocycles. The number of nitrogens with zero attached hydrogens (tertiary/aromatic N) is 6. The van der Waals surface area contributed by atoms with Crippen LogP contribution >= 0.6 is 22.9 Å². The largest absolute Gasteiger partial charge is 0.494 e. The van der Waals surface area contributed by atoms with Crippen LogP contribution in [0.4, 0.5) is 17.3 Å². The van der Waals surface area contributed by atoms with E-state index in [2.05, 4.69) is 30.5 Å². The van der Waals surface area contributed by atoms with Crippen LogP contribution in [-0.2, 0) is 39.9 Å². The molecule has 3 aromatic heterocycles. The van der Waals surface area contributed by atoms with E-state index in [1.807, 2.05) is 118 Å². The SMILES string of the molecule is COc1cc(N2CCC(N(C)C(=O)CCOCCOCCOCCC(=O)C[C@H](C(=O)N3C[C@H](O)C[C@H]3C(=O)NCc3ccc(-c4scnc4C)cc3)C(C)(C)C)CC2)ccc1Nc1ncc(Cl)c(-c2c[nH]c3ccccc23)n1. The minimum Gasteiger partial charge on any atom is -0.494 e. The summed E-state index contributed by atoms with van der Waals surface area (Å²) in [5, 5.41) is 18.3. The summed E-state index contributed by atoms with van der Waals surface area (Å²) in [5.74, 6) is -0.407. The number of piperidine rings is 1. The van der Waals surface area contributed by atoms with Crippen LogP contribution in [0.15, 0.2) is 84.6 Å². The van der Waals surface area contributed by atoms with Gasteiger partial charge in [-0.2, -0.15) is 0 Å². The van der Waals surface area contributed by atoms with Gasteiger partial charge in [-0.25, -0.2) is 15.0 Å². The molecule has 3 atom stereocenters. The number of aryl methyl sites for hydroxylation is 1. The number of hydrogen-bond acceptors (Lipinski definition) is 15. The van der Waals surface area contributed by atoms with E-state index in [9.17, 15) is 24.3 Å². The molecule has 18 nitrogen and oxygen atoms in total. The summed E-state index contributed by atoms with van der Waals surface area (Å²) in [6.07, 6.45) is 4.80. The maximum absolute atomic E-state index is 14.1. The van der Waals surface area contributed by atoms with Crippen molar-refractivity contribution in [1.82, 2.24) is 35.1 Å². The van der Waals surface area contributed by atoms with Crippen LogP contribution in [0.3, 0.4) is 0 Å². The summed E-state index contributed by atoms with van der Waals surface area (Å²) in [5.41, 5.74) is 8.40. The third kappa shape index (κ3) is 14.8. The fourth-order valence-electron chi connectivity index (χ4n) is 10.0. The number of ether oxygens (including phenoxy) is 4. The van der Waals surface area contributed by atoms with Gasteiger partial charge in [-0.15, -0.1) is 11.3 Å². The van der Waals surface area contributed by atoms with Crippen LogP contribution in [0.25, 0.3) is 32.6 Å². The van der Waals surface area contributed by atoms with Crippen LogP contribution in [0.2, 0.25) is 5.02 Å². The molecule has 416 valence electrons. The number of ketones is 1. The van der Waals surface area contributed by atoms with Gasteiger partial charge in [0.2, 0.25) is 23.7 Å². The summed E-state index contributed by atoms with van der Waals surface area (Å²) in [7, 11) is 3.49. The lowest BCUT2D eigenvalue weighted by Gasteiger charge is -2.38. The lowest BCUT2D eigenvalue weighted by Crippen LogP contribution is -2.50. The van der Waals surface area contributed by atoms with Crippen molar-refractivity contribution < 1.29 is 43.2 Å². The van der Waals surface area contributed by atoms with Crippen LogP contribution in [0.5, 0.6) is 5.75 Å². The molecule has 0 bridgehead atoms. The Labute approximate surface area is 465 Å². The molecule has 3 amide bonds. The normalized spacial score (nSPS) is 16.4. The van der Waals surface area contributed by atoms with E-state index >= 15 is 0 Å². The Morgan fingerprint density at radius 2 is 1.64 bits per heavy atom. The molecule has 2 fully saturated rings. The Morgan fingerprint density at radius 3 is 2.33 bits per heavy atom. The fourth-order valence-corrected chi connectivity index (χ4v) is 11.0. The van der Waals surface area contributed by atoms with Gasteiger partial charge in [0, 0.05) is 98.9 Å². The number of benzene rings is 3. The Morgan fingerprint density at radius 1 is 0.936 bits per heavy atom. The number of aromatic nitrogens is 4. The Hall–Kier alpha value is -6.48. The van der Waals surface area contributed by atoms with Gasteiger partial charge in [-0.05, 0) is 54.5 Å². The molecule has 78 heavy (non-hydrogen) atoms. The summed E-state index contributed by atoms with van der Waals surface area (Å²) in [6.45, 7) is 11.2. The number of aliphatic hydroxyl groups excluding tert-OH is 1. The number of methoxy groups -OCH3 is 1. The molecule has 2 aliphatic rings. The molecule has 4 N–H and O–H groups in total. The van der Waals surface area contributed by atoms with Crippen LogP contribution in [0, 0.1) is 18.3 Å². The van der Waals surface area contributed by atoms with Gasteiger partial charge in [-0.1, -0.05) is 74.8 Å². The van der Waals surface area contributed by atoms with Crippen LogP contribution < -0.4 is 20.3 Å². The van der Waals surface area contributed by atoms with E-state index in [0.29, 0.717) is 42.2 Å². The quantitative estimate of drug-likeness (QED) is 0.0395. The number of amides is 3. The Bertz CT molecular complexity index is 2990. The van der Waals surface area contributed by atoms with E-state index in [1.54, 1.807) is 24.6 Å². The molecule has 2 aliphatic heterocycles. The van der Waals surface area contributed by atoms with Gasteiger partial charge >= 0.3 is 0 Å². The minimum atomic E-state index is -0.844. The topological polar surface area (TPSA) is 214 Å². The first-order valence-corrected chi connectivity index (χ1v) is 27.9. The van der Waals surface area contributed by atoms with Gasteiger partial charge < -0.3 is 54.4 Å². The number of thiazole rings is 1. The van der Waals surface area contributed by atoms with Gasteiger partial charge in [0.1, 0.15) is 17.6 Å². The van der Waals surface area contributed by atoms with Crippen molar-refractivity contribution in [1.29, 1.82) is 0 Å². The van der Waals surface area contributed by atoms with Crippen LogP contribution in [0.1, 0.15) is 70.6 Å². The molecule has 2 saturated heterocycles. The summed E-state index contributed by atoms with van der Waals surface area (Å²) >= 11 is 8.15. The molecule has 0 spiro atoms. The van der Waals surface area contributed by atoms with Crippen molar-refractivity contribution in [2.75, 3.05) is 83.6 Å². The number of para-hydroxylation sites is 1. The third-order valence-electron chi connectivity index (χ3n) is 14.6. The van der Waals surface area contributed by atoms with Gasteiger partial charge in [0.15, 0.2) is 0 Å². The number of fused-ring (bicyclic) bond motifs is 1. The lowest BCUT2D eigenvalue weighted by molar-refractivity contribution is -0.146. The van der Waals surface area contributed by atoms with Crippen molar-refractivity contribution in [3.63, 3.8) is 0 Å². The predicted molar refractivity (Wildman–Crippen MR) is 303 cm³/mol. The smallest absolute Gasteiger partial charge is 0.243 e. The standard InChI is InChI=1S/C58H72ClN9O9S/c1-37-54(78-36-63-37)39-13-11-38(12-14-39)32-61-55(72)50-31-43(70)35-68(50)56(73)46(58(2,3)4)30-42(69)19-23-75-25-27-77-28-26-76-24-20-52(71)66(5)40-17-21-67(22-18-40)41-15-16-49(51(29-41)74-6)64-57-62-34-47(59)53(65-57)45-33-60-48-10-8-7-9-44(45)48/h7-16,29,33-34,36,40,43,46,50,60,70H,17-28,30-32,35H2,1-6H3,(H,61,72)(H,62,64,65)/t43-,46-,50+/m1/s1. The number of H-pyrrole nitrogens is 1. The zero-order valence-corrected chi connectivity index (χ0v) is 47.0. The number of carbonyl (C=O) groups excluding carboxylic acids is 4. The second kappa shape index (κ2) is 26.9. The lowest BCUT2D eigenvalue weighted by atomic mass is 9.76. The monoisotopic (exact) mass is 1110 g/mol. The summed E-state index contributed by atoms with van der Waals surface area (Å²) < 4.78 is 22.8. The molecule has 6 aromatic rings. The maximum atomic E-state index is 14.1. The van der Waals surface area contributed by atoms with Crippen molar-refractivity contribution in [2.45, 2.75) is 91.0 Å². The van der Waals surface area contributed by atoms with Crippen molar-refractivity contribution in [3.8, 4) is 27.4 Å². The number of Topliss-reactive ketones (excluding diaryl/α,β-unsaturated/α-hetero) is 1. The molecule has 0 aliphatic carbocycles. The Kier molecular flexibility index (Phi) is 19.9. The van der Waals surface area contributed by atoms with Crippen molar-refractivity contribution in [2.24, 2.45) is 11.3 Å². The number of anilines is 3. The molecular formula is C58H72ClN9O9S. The number of halogens is 1. The number of hydrogen-bond donors (Lipinski definition) is 4. The third-order valence-corrected chi connectivity index (χ3v) is 15.8. The molecule has 0 unspecified atom stereocenters. The first kappa shape index (κ1) is 57.7. The average molecular weight is 1110 g/mol. The van der Waals surface area contributed by atoms with E-state index in [-0.39, 0.29) is 88.1 Å². The number of rotatable bonds is 25. The highest BCUT2D eigenvalue weighted by molar-refractivity contribution is 7.13. The van der Waals surface area contributed by atoms with E-state index in [0.717, 1.165) is 75.5 Å². The summed E-state index contributed by atoms with van der Waals surface area (Å²) in [6, 6.07) is 21.2. The zero-order chi connectivity index (χ0) is 55.3. The van der Waals surface area contributed by atoms with Crippen molar-refractivity contribution in [3.05, 3.63) is 101 Å². The molecular weight excluding hydrogens is 1030 g/mol. The van der Waals surface area contributed by atoms with E-state index in [1.165, 1.54) is 4.90 Å². The fraction of sp³-hybridized carbons (Fsp3) is 0.466.